The summed E-state index contributed by atoms with van der Waals surface area (Å²) in [4.78, 5) is 22.9. The van der Waals surface area contributed by atoms with Crippen molar-refractivity contribution in [2.45, 2.75) is 13.3 Å². The fraction of sp³-hybridized carbons (Fsp3) is 0.231. The van der Waals surface area contributed by atoms with E-state index in [0.717, 1.165) is 5.69 Å². The SMILES string of the molecule is Cc1nc(C=O)cc(OCCc2ccccn2)n1. The monoisotopic (exact) mass is 243 g/mol. The average Bonchev–Trinajstić information content (AvgIpc) is 2.39. The Kier molecular flexibility index (Phi) is 3.96. The van der Waals surface area contributed by atoms with E-state index in [4.69, 9.17) is 4.74 Å². The quantitative estimate of drug-likeness (QED) is 0.746. The van der Waals surface area contributed by atoms with Gasteiger partial charge in [0.25, 0.3) is 0 Å². The second-order valence-corrected chi connectivity index (χ2v) is 3.72. The highest BCUT2D eigenvalue weighted by atomic mass is 16.5. The molecule has 0 aliphatic heterocycles. The molecule has 92 valence electrons. The number of hydrogen-bond acceptors (Lipinski definition) is 5. The molecule has 0 aromatic carbocycles. The van der Waals surface area contributed by atoms with Crippen molar-refractivity contribution in [2.24, 2.45) is 0 Å². The third kappa shape index (κ3) is 3.35. The molecule has 2 heterocycles. The number of aldehydes is 1. The molecule has 18 heavy (non-hydrogen) atoms. The van der Waals surface area contributed by atoms with Crippen molar-refractivity contribution in [2.75, 3.05) is 6.61 Å². The Labute approximate surface area is 105 Å². The molecule has 2 rings (SSSR count). The van der Waals surface area contributed by atoms with Crippen LogP contribution in [0.5, 0.6) is 5.88 Å². The molecule has 0 fully saturated rings. The van der Waals surface area contributed by atoms with E-state index in [1.807, 2.05) is 18.2 Å². The molecule has 0 amide bonds. The summed E-state index contributed by atoms with van der Waals surface area (Å²) < 4.78 is 5.48. The summed E-state index contributed by atoms with van der Waals surface area (Å²) in [6, 6.07) is 7.26. The van der Waals surface area contributed by atoms with E-state index in [9.17, 15) is 4.79 Å². The van der Waals surface area contributed by atoms with E-state index in [1.54, 1.807) is 13.1 Å². The Bertz CT molecular complexity index is 529. The molecule has 0 bridgehead atoms. The number of rotatable bonds is 5. The number of carbonyl (C=O) groups excluding carboxylic acids is 1. The number of hydrogen-bond donors (Lipinski definition) is 0. The predicted octanol–water partition coefficient (Wildman–Crippen LogP) is 1.61. The fourth-order valence-corrected chi connectivity index (χ4v) is 1.50. The highest BCUT2D eigenvalue weighted by Crippen LogP contribution is 2.08. The molecule has 0 saturated carbocycles. The molecular weight excluding hydrogens is 230 g/mol. The van der Waals surface area contributed by atoms with Crippen LogP contribution in [0.2, 0.25) is 0 Å². The zero-order valence-electron chi connectivity index (χ0n) is 10.0. The van der Waals surface area contributed by atoms with Crippen molar-refractivity contribution < 1.29 is 9.53 Å². The van der Waals surface area contributed by atoms with Crippen LogP contribution in [0.25, 0.3) is 0 Å². The van der Waals surface area contributed by atoms with Gasteiger partial charge < -0.3 is 4.74 Å². The number of pyridine rings is 1. The van der Waals surface area contributed by atoms with Crippen molar-refractivity contribution in [1.82, 2.24) is 15.0 Å². The summed E-state index contributed by atoms with van der Waals surface area (Å²) >= 11 is 0. The second kappa shape index (κ2) is 5.86. The van der Waals surface area contributed by atoms with Gasteiger partial charge in [-0.25, -0.2) is 4.98 Å². The van der Waals surface area contributed by atoms with Crippen LogP contribution >= 0.6 is 0 Å². The van der Waals surface area contributed by atoms with E-state index in [2.05, 4.69) is 15.0 Å². The minimum atomic E-state index is 0.329. The van der Waals surface area contributed by atoms with Gasteiger partial charge in [0.05, 0.1) is 6.61 Å². The molecule has 0 spiro atoms. The summed E-state index contributed by atoms with van der Waals surface area (Å²) in [5.41, 5.74) is 1.29. The molecule has 0 unspecified atom stereocenters. The lowest BCUT2D eigenvalue weighted by Gasteiger charge is -2.05. The molecule has 5 nitrogen and oxygen atoms in total. The number of aromatic nitrogens is 3. The van der Waals surface area contributed by atoms with E-state index in [-0.39, 0.29) is 0 Å². The van der Waals surface area contributed by atoms with E-state index >= 15 is 0 Å². The molecule has 0 aliphatic carbocycles. The van der Waals surface area contributed by atoms with Crippen molar-refractivity contribution in [3.05, 3.63) is 47.7 Å². The first kappa shape index (κ1) is 12.2. The van der Waals surface area contributed by atoms with Gasteiger partial charge in [-0.05, 0) is 19.1 Å². The molecule has 0 N–H and O–H groups in total. The van der Waals surface area contributed by atoms with E-state index in [1.165, 1.54) is 6.07 Å². The first-order chi connectivity index (χ1) is 8.78. The van der Waals surface area contributed by atoms with Gasteiger partial charge >= 0.3 is 0 Å². The van der Waals surface area contributed by atoms with E-state index < -0.39 is 0 Å². The minimum Gasteiger partial charge on any atom is -0.477 e. The first-order valence-corrected chi connectivity index (χ1v) is 5.61. The van der Waals surface area contributed by atoms with Gasteiger partial charge in [0.1, 0.15) is 11.5 Å². The van der Waals surface area contributed by atoms with Gasteiger partial charge in [0.15, 0.2) is 6.29 Å². The lowest BCUT2D eigenvalue weighted by molar-refractivity contribution is 0.111. The number of ether oxygens (including phenoxy) is 1. The van der Waals surface area contributed by atoms with Crippen molar-refractivity contribution in [3.8, 4) is 5.88 Å². The van der Waals surface area contributed by atoms with Gasteiger partial charge in [-0.1, -0.05) is 6.07 Å². The highest BCUT2D eigenvalue weighted by molar-refractivity contribution is 5.72. The number of nitrogens with zero attached hydrogens (tertiary/aromatic N) is 3. The van der Waals surface area contributed by atoms with Crippen LogP contribution in [0, 0.1) is 6.92 Å². The zero-order chi connectivity index (χ0) is 12.8. The Morgan fingerprint density at radius 3 is 2.94 bits per heavy atom. The molecule has 0 aliphatic rings. The van der Waals surface area contributed by atoms with Crippen LogP contribution < -0.4 is 4.74 Å². The van der Waals surface area contributed by atoms with Crippen LogP contribution in [0.3, 0.4) is 0 Å². The number of carbonyl (C=O) groups is 1. The zero-order valence-corrected chi connectivity index (χ0v) is 10.0. The van der Waals surface area contributed by atoms with Gasteiger partial charge in [-0.2, -0.15) is 4.98 Å². The minimum absolute atomic E-state index is 0.329. The second-order valence-electron chi connectivity index (χ2n) is 3.72. The Balaban J connectivity index is 1.94. The summed E-state index contributed by atoms with van der Waals surface area (Å²) in [6.45, 7) is 2.18. The third-order valence-corrected chi connectivity index (χ3v) is 2.29. The van der Waals surface area contributed by atoms with Gasteiger partial charge in [-0.15, -0.1) is 0 Å². The molecule has 0 saturated heterocycles. The van der Waals surface area contributed by atoms with Crippen LogP contribution in [0.1, 0.15) is 22.0 Å². The van der Waals surface area contributed by atoms with Crippen LogP contribution in [0.15, 0.2) is 30.5 Å². The average molecular weight is 243 g/mol. The Morgan fingerprint density at radius 1 is 1.33 bits per heavy atom. The van der Waals surface area contributed by atoms with Crippen molar-refractivity contribution in [1.29, 1.82) is 0 Å². The van der Waals surface area contributed by atoms with Gasteiger partial charge in [-0.3, -0.25) is 9.78 Å². The smallest absolute Gasteiger partial charge is 0.217 e. The maximum absolute atomic E-state index is 10.7. The molecule has 5 heteroatoms. The Hall–Kier alpha value is -2.30. The van der Waals surface area contributed by atoms with Crippen LogP contribution in [-0.4, -0.2) is 27.8 Å². The van der Waals surface area contributed by atoms with Gasteiger partial charge in [0.2, 0.25) is 5.88 Å². The normalized spacial score (nSPS) is 10.1. The van der Waals surface area contributed by atoms with Gasteiger partial charge in [0, 0.05) is 24.4 Å². The lowest BCUT2D eigenvalue weighted by Crippen LogP contribution is -2.05. The maximum Gasteiger partial charge on any atom is 0.217 e. The standard InChI is InChI=1S/C13H13N3O2/c1-10-15-12(9-17)8-13(16-10)18-7-5-11-4-2-3-6-14-11/h2-4,6,8-9H,5,7H2,1H3. The largest absolute Gasteiger partial charge is 0.477 e. The molecular formula is C13H13N3O2. The maximum atomic E-state index is 10.7. The summed E-state index contributed by atoms with van der Waals surface area (Å²) in [6.07, 6.45) is 3.12. The summed E-state index contributed by atoms with van der Waals surface area (Å²) in [5.74, 6) is 0.938. The Morgan fingerprint density at radius 2 is 2.22 bits per heavy atom. The third-order valence-electron chi connectivity index (χ3n) is 2.29. The molecule has 2 aromatic rings. The summed E-state index contributed by atoms with van der Waals surface area (Å²) in [5, 5.41) is 0. The predicted molar refractivity (Wildman–Crippen MR) is 65.6 cm³/mol. The van der Waals surface area contributed by atoms with Crippen molar-refractivity contribution in [3.63, 3.8) is 0 Å². The van der Waals surface area contributed by atoms with E-state index in [0.29, 0.717) is 36.7 Å². The van der Waals surface area contributed by atoms with Crippen molar-refractivity contribution >= 4 is 6.29 Å². The molecule has 0 atom stereocenters. The lowest BCUT2D eigenvalue weighted by atomic mass is 10.3. The summed E-state index contributed by atoms with van der Waals surface area (Å²) in [7, 11) is 0. The highest BCUT2D eigenvalue weighted by Gasteiger charge is 2.02. The van der Waals surface area contributed by atoms with Crippen LogP contribution in [0.4, 0.5) is 0 Å². The topological polar surface area (TPSA) is 65.0 Å². The first-order valence-electron chi connectivity index (χ1n) is 5.61. The molecule has 0 radical (unpaired) electrons. The fourth-order valence-electron chi connectivity index (χ4n) is 1.50. The van der Waals surface area contributed by atoms with Crippen LogP contribution in [-0.2, 0) is 6.42 Å². The number of aryl methyl sites for hydroxylation is 1. The molecule has 2 aromatic heterocycles.